The minimum absolute atomic E-state index is 0.318. The van der Waals surface area contributed by atoms with E-state index in [0.29, 0.717) is 12.1 Å². The standard InChI is InChI=1S/C16H16N2O2/c1-16(2,15(19)20)10-18-14-8-7-11(9-17)12-5-3-4-6-13(12)14/h3-8,18H,10H2,1-2H3,(H,19,20). The van der Waals surface area contributed by atoms with Crippen molar-refractivity contribution in [1.82, 2.24) is 0 Å². The Hall–Kier alpha value is -2.54. The number of anilines is 1. The zero-order chi connectivity index (χ0) is 14.8. The summed E-state index contributed by atoms with van der Waals surface area (Å²) in [6.07, 6.45) is 0. The fourth-order valence-corrected chi connectivity index (χ4v) is 1.94. The summed E-state index contributed by atoms with van der Waals surface area (Å²) < 4.78 is 0. The van der Waals surface area contributed by atoms with E-state index in [1.54, 1.807) is 19.9 Å². The number of carboxylic acids is 1. The van der Waals surface area contributed by atoms with Crippen LogP contribution in [0.4, 0.5) is 5.69 Å². The fourth-order valence-electron chi connectivity index (χ4n) is 1.94. The summed E-state index contributed by atoms with van der Waals surface area (Å²) in [6, 6.07) is 13.3. The van der Waals surface area contributed by atoms with Crippen LogP contribution in [-0.4, -0.2) is 17.6 Å². The molecule has 0 aromatic heterocycles. The van der Waals surface area contributed by atoms with Crippen molar-refractivity contribution in [3.63, 3.8) is 0 Å². The van der Waals surface area contributed by atoms with Gasteiger partial charge in [-0.2, -0.15) is 5.26 Å². The number of hydrogen-bond donors (Lipinski definition) is 2. The molecule has 0 aliphatic heterocycles. The topological polar surface area (TPSA) is 73.1 Å². The van der Waals surface area contributed by atoms with Crippen molar-refractivity contribution in [3.05, 3.63) is 42.0 Å². The summed E-state index contributed by atoms with van der Waals surface area (Å²) in [4.78, 5) is 11.1. The summed E-state index contributed by atoms with van der Waals surface area (Å²) in [7, 11) is 0. The molecule has 20 heavy (non-hydrogen) atoms. The van der Waals surface area contributed by atoms with E-state index >= 15 is 0 Å². The van der Waals surface area contributed by atoms with Crippen molar-refractivity contribution < 1.29 is 9.90 Å². The van der Waals surface area contributed by atoms with Gasteiger partial charge in [0.15, 0.2) is 0 Å². The minimum Gasteiger partial charge on any atom is -0.481 e. The van der Waals surface area contributed by atoms with Gasteiger partial charge in [0.2, 0.25) is 0 Å². The molecule has 2 aromatic rings. The first kappa shape index (κ1) is 13.9. The number of hydrogen-bond acceptors (Lipinski definition) is 3. The van der Waals surface area contributed by atoms with Crippen LogP contribution in [0.1, 0.15) is 19.4 Å². The lowest BCUT2D eigenvalue weighted by molar-refractivity contribution is -0.146. The number of benzene rings is 2. The van der Waals surface area contributed by atoms with Crippen molar-refractivity contribution in [2.45, 2.75) is 13.8 Å². The Morgan fingerprint density at radius 2 is 1.90 bits per heavy atom. The van der Waals surface area contributed by atoms with Gasteiger partial charge in [0.25, 0.3) is 0 Å². The molecule has 0 saturated carbocycles. The first-order valence-corrected chi connectivity index (χ1v) is 6.35. The lowest BCUT2D eigenvalue weighted by atomic mass is 9.93. The molecule has 0 bridgehead atoms. The maximum absolute atomic E-state index is 11.1. The van der Waals surface area contributed by atoms with Crippen LogP contribution in [0.5, 0.6) is 0 Å². The molecule has 4 nitrogen and oxygen atoms in total. The third-order valence-corrected chi connectivity index (χ3v) is 3.34. The third-order valence-electron chi connectivity index (χ3n) is 3.34. The molecule has 0 amide bonds. The number of carbonyl (C=O) groups is 1. The molecule has 0 heterocycles. The molecule has 2 rings (SSSR count). The van der Waals surface area contributed by atoms with Gasteiger partial charge in [0.1, 0.15) is 0 Å². The number of nitrogens with one attached hydrogen (secondary N) is 1. The molecule has 0 spiro atoms. The maximum Gasteiger partial charge on any atom is 0.310 e. The Balaban J connectivity index is 2.37. The molecule has 2 aromatic carbocycles. The van der Waals surface area contributed by atoms with Gasteiger partial charge in [-0.15, -0.1) is 0 Å². The van der Waals surface area contributed by atoms with Crippen molar-refractivity contribution in [2.75, 3.05) is 11.9 Å². The van der Waals surface area contributed by atoms with E-state index in [1.807, 2.05) is 30.3 Å². The van der Waals surface area contributed by atoms with E-state index in [1.165, 1.54) is 0 Å². The number of fused-ring (bicyclic) bond motifs is 1. The summed E-state index contributed by atoms with van der Waals surface area (Å²) >= 11 is 0. The average Bonchev–Trinajstić information content (AvgIpc) is 2.44. The Kier molecular flexibility index (Phi) is 3.62. The van der Waals surface area contributed by atoms with Crippen molar-refractivity contribution in [2.24, 2.45) is 5.41 Å². The van der Waals surface area contributed by atoms with Gasteiger partial charge < -0.3 is 10.4 Å². The van der Waals surface area contributed by atoms with Crippen molar-refractivity contribution in [1.29, 1.82) is 5.26 Å². The zero-order valence-electron chi connectivity index (χ0n) is 11.5. The monoisotopic (exact) mass is 268 g/mol. The minimum atomic E-state index is -0.852. The molecule has 0 aliphatic carbocycles. The lowest BCUT2D eigenvalue weighted by Gasteiger charge is -2.21. The van der Waals surface area contributed by atoms with Crippen LogP contribution < -0.4 is 5.32 Å². The van der Waals surface area contributed by atoms with E-state index < -0.39 is 11.4 Å². The SMILES string of the molecule is CC(C)(CNc1ccc(C#N)c2ccccc12)C(=O)O. The highest BCUT2D eigenvalue weighted by atomic mass is 16.4. The molecule has 0 fully saturated rings. The van der Waals surface area contributed by atoms with Crippen LogP contribution in [-0.2, 0) is 4.79 Å². The van der Waals surface area contributed by atoms with E-state index in [2.05, 4.69) is 11.4 Å². The van der Waals surface area contributed by atoms with Crippen LogP contribution in [0.2, 0.25) is 0 Å². The summed E-state index contributed by atoms with van der Waals surface area (Å²) in [6.45, 7) is 3.67. The molecule has 0 atom stereocenters. The first-order valence-electron chi connectivity index (χ1n) is 6.35. The van der Waals surface area contributed by atoms with Gasteiger partial charge >= 0.3 is 5.97 Å². The Morgan fingerprint density at radius 3 is 2.50 bits per heavy atom. The molecule has 0 saturated heterocycles. The second kappa shape index (κ2) is 5.22. The smallest absolute Gasteiger partial charge is 0.310 e. The predicted molar refractivity (Wildman–Crippen MR) is 78.6 cm³/mol. The van der Waals surface area contributed by atoms with Gasteiger partial charge in [-0.25, -0.2) is 0 Å². The normalized spacial score (nSPS) is 11.1. The highest BCUT2D eigenvalue weighted by Gasteiger charge is 2.26. The van der Waals surface area contributed by atoms with Crippen LogP contribution in [0.3, 0.4) is 0 Å². The molecule has 0 unspecified atom stereocenters. The van der Waals surface area contributed by atoms with E-state index in [-0.39, 0.29) is 0 Å². The molecule has 0 radical (unpaired) electrons. The van der Waals surface area contributed by atoms with E-state index in [4.69, 9.17) is 10.4 Å². The van der Waals surface area contributed by atoms with Crippen LogP contribution in [0.25, 0.3) is 10.8 Å². The van der Waals surface area contributed by atoms with E-state index in [9.17, 15) is 4.79 Å². The van der Waals surface area contributed by atoms with Gasteiger partial charge in [0.05, 0.1) is 17.0 Å². The zero-order valence-corrected chi connectivity index (χ0v) is 11.5. The van der Waals surface area contributed by atoms with Crippen LogP contribution in [0, 0.1) is 16.7 Å². The first-order chi connectivity index (χ1) is 9.45. The van der Waals surface area contributed by atoms with Crippen LogP contribution >= 0.6 is 0 Å². The molecular formula is C16H16N2O2. The predicted octanol–water partition coefficient (Wildman–Crippen LogP) is 3.23. The maximum atomic E-state index is 11.1. The number of nitrogens with zero attached hydrogens (tertiary/aromatic N) is 1. The van der Waals surface area contributed by atoms with Crippen molar-refractivity contribution >= 4 is 22.4 Å². The highest BCUT2D eigenvalue weighted by Crippen LogP contribution is 2.27. The quantitative estimate of drug-likeness (QED) is 0.892. The molecule has 2 N–H and O–H groups in total. The number of nitriles is 1. The van der Waals surface area contributed by atoms with Crippen molar-refractivity contribution in [3.8, 4) is 6.07 Å². The van der Waals surface area contributed by atoms with Gasteiger partial charge in [0, 0.05) is 23.0 Å². The Bertz CT molecular complexity index is 699. The average molecular weight is 268 g/mol. The largest absolute Gasteiger partial charge is 0.481 e. The Labute approximate surface area is 117 Å². The third kappa shape index (κ3) is 2.57. The highest BCUT2D eigenvalue weighted by molar-refractivity contribution is 5.97. The lowest BCUT2D eigenvalue weighted by Crippen LogP contribution is -2.31. The summed E-state index contributed by atoms with van der Waals surface area (Å²) in [5.41, 5.74) is 0.604. The fraction of sp³-hybridized carbons (Fsp3) is 0.250. The molecule has 0 aliphatic rings. The molecule has 4 heteroatoms. The van der Waals surface area contributed by atoms with E-state index in [0.717, 1.165) is 16.5 Å². The summed E-state index contributed by atoms with van der Waals surface area (Å²) in [5, 5.41) is 23.2. The van der Waals surface area contributed by atoms with Gasteiger partial charge in [-0.1, -0.05) is 24.3 Å². The number of carboxylic acid groups (broad SMARTS) is 1. The second-order valence-electron chi connectivity index (χ2n) is 5.36. The number of aliphatic carboxylic acids is 1. The molecule has 102 valence electrons. The van der Waals surface area contributed by atoms with Crippen LogP contribution in [0.15, 0.2) is 36.4 Å². The summed E-state index contributed by atoms with van der Waals surface area (Å²) in [5.74, 6) is -0.844. The number of rotatable bonds is 4. The Morgan fingerprint density at radius 1 is 1.25 bits per heavy atom. The second-order valence-corrected chi connectivity index (χ2v) is 5.36. The van der Waals surface area contributed by atoms with Gasteiger partial charge in [-0.3, -0.25) is 4.79 Å². The molecular weight excluding hydrogens is 252 g/mol. The van der Waals surface area contributed by atoms with Gasteiger partial charge in [-0.05, 0) is 26.0 Å².